The molecule has 0 radical (unpaired) electrons. The van der Waals surface area contributed by atoms with Crippen LogP contribution in [0.5, 0.6) is 0 Å². The van der Waals surface area contributed by atoms with E-state index in [4.69, 9.17) is 9.31 Å². The molecule has 1 aliphatic heterocycles. The molecule has 190 valence electrons. The zero-order valence-corrected chi connectivity index (χ0v) is 22.6. The summed E-state index contributed by atoms with van der Waals surface area (Å²) in [4.78, 5) is 2.47. The van der Waals surface area contributed by atoms with E-state index in [9.17, 15) is 0 Å². The smallest absolute Gasteiger partial charge is 0.399 e. The van der Waals surface area contributed by atoms with E-state index < -0.39 is 0 Å². The van der Waals surface area contributed by atoms with Crippen molar-refractivity contribution in [1.82, 2.24) is 0 Å². The summed E-state index contributed by atoms with van der Waals surface area (Å²) in [7, 11) is -0.344. The van der Waals surface area contributed by atoms with Gasteiger partial charge in [-0.15, -0.1) is 0 Å². The molecule has 0 bridgehead atoms. The number of hydrogen-bond donors (Lipinski definition) is 0. The monoisotopic (exact) mass is 499 g/mol. The first-order valence-electron chi connectivity index (χ1n) is 13.5. The van der Waals surface area contributed by atoms with E-state index >= 15 is 0 Å². The number of hydrogen-bond acceptors (Lipinski definition) is 3. The summed E-state index contributed by atoms with van der Waals surface area (Å²) in [5.74, 6) is 0. The first kappa shape index (κ1) is 24.7. The lowest BCUT2D eigenvalue weighted by atomic mass is 9.78. The molecule has 0 saturated carbocycles. The highest BCUT2D eigenvalue weighted by atomic mass is 16.7. The predicted molar refractivity (Wildman–Crippen MR) is 160 cm³/mol. The van der Waals surface area contributed by atoms with E-state index in [0.717, 1.165) is 11.9 Å². The zero-order valence-electron chi connectivity index (χ0n) is 22.6. The van der Waals surface area contributed by atoms with Crippen LogP contribution in [0, 0.1) is 0 Å². The fourth-order valence-electron chi connectivity index (χ4n) is 5.31. The molecule has 0 aromatic heterocycles. The lowest BCUT2D eigenvalue weighted by Gasteiger charge is -2.33. The highest BCUT2D eigenvalue weighted by molar-refractivity contribution is 6.62. The second kappa shape index (κ2) is 9.61. The van der Waals surface area contributed by atoms with Crippen LogP contribution in [0.3, 0.4) is 0 Å². The van der Waals surface area contributed by atoms with Gasteiger partial charge < -0.3 is 14.2 Å². The summed E-state index contributed by atoms with van der Waals surface area (Å²) >= 11 is 0. The zero-order chi connectivity index (χ0) is 26.3. The van der Waals surface area contributed by atoms with Crippen molar-refractivity contribution in [1.29, 1.82) is 0 Å². The third kappa shape index (κ3) is 4.49. The molecule has 1 saturated heterocycles. The number of anilines is 2. The van der Waals surface area contributed by atoms with Gasteiger partial charge >= 0.3 is 7.12 Å². The van der Waals surface area contributed by atoms with Crippen molar-refractivity contribution >= 4 is 34.7 Å². The summed E-state index contributed by atoms with van der Waals surface area (Å²) in [6, 6.07) is 32.9. The molecule has 1 heterocycles. The van der Waals surface area contributed by atoms with Gasteiger partial charge in [-0.2, -0.15) is 0 Å². The van der Waals surface area contributed by atoms with Gasteiger partial charge in [0.1, 0.15) is 0 Å². The number of allylic oxidation sites excluding steroid dienone is 2. The minimum absolute atomic E-state index is 0.260. The summed E-state index contributed by atoms with van der Waals surface area (Å²) in [5, 5.41) is 2.52. The summed E-state index contributed by atoms with van der Waals surface area (Å²) < 4.78 is 12.5. The van der Waals surface area contributed by atoms with Crippen LogP contribution in [0.15, 0.2) is 115 Å². The fourth-order valence-corrected chi connectivity index (χ4v) is 5.31. The average molecular weight is 499 g/mol. The molecule has 4 heteroatoms. The van der Waals surface area contributed by atoms with Gasteiger partial charge in [-0.1, -0.05) is 97.1 Å². The van der Waals surface area contributed by atoms with Crippen LogP contribution >= 0.6 is 0 Å². The minimum atomic E-state index is -0.344. The molecule has 1 unspecified atom stereocenters. The summed E-state index contributed by atoms with van der Waals surface area (Å²) in [6.07, 6.45) is 9.81. The SMILES string of the molecule is CC1(C)OB(c2ccc(-c3ccc(N(c4cccc5ccccc45)C4C=CC=CC4)cc3)cc2)OC1(C)C. The van der Waals surface area contributed by atoms with Crippen molar-refractivity contribution in [2.75, 3.05) is 4.90 Å². The topological polar surface area (TPSA) is 21.7 Å². The van der Waals surface area contributed by atoms with Crippen molar-refractivity contribution < 1.29 is 9.31 Å². The first-order valence-corrected chi connectivity index (χ1v) is 13.5. The standard InChI is InChI=1S/C34H34BNO2/c1-33(2)34(3,4)38-35(37-33)28-21-17-25(18-22-28)26-19-23-30(24-20-26)36(29-13-6-5-7-14-29)32-16-10-12-27-11-8-9-15-31(27)32/h5-13,15-24,29H,14H2,1-4H3. The maximum absolute atomic E-state index is 6.23. The van der Waals surface area contributed by atoms with Gasteiger partial charge in [0, 0.05) is 16.8 Å². The molecule has 6 rings (SSSR count). The van der Waals surface area contributed by atoms with Crippen molar-refractivity contribution in [2.45, 2.75) is 51.4 Å². The van der Waals surface area contributed by atoms with Crippen LogP contribution in [-0.2, 0) is 9.31 Å². The lowest BCUT2D eigenvalue weighted by Crippen LogP contribution is -2.41. The first-order chi connectivity index (χ1) is 18.3. The highest BCUT2D eigenvalue weighted by Gasteiger charge is 2.51. The normalized spacial score (nSPS) is 19.7. The molecule has 1 atom stereocenters. The van der Waals surface area contributed by atoms with Crippen molar-refractivity contribution in [3.05, 3.63) is 115 Å². The Kier molecular flexibility index (Phi) is 6.26. The third-order valence-electron chi connectivity index (χ3n) is 8.23. The molecule has 2 aliphatic rings. The van der Waals surface area contributed by atoms with Crippen LogP contribution in [0.4, 0.5) is 11.4 Å². The van der Waals surface area contributed by atoms with Crippen molar-refractivity contribution in [3.63, 3.8) is 0 Å². The molecule has 1 aliphatic carbocycles. The Morgan fingerprint density at radius 1 is 0.711 bits per heavy atom. The summed E-state index contributed by atoms with van der Waals surface area (Å²) in [5.41, 5.74) is 5.14. The molecule has 0 spiro atoms. The number of nitrogens with zero attached hydrogens (tertiary/aromatic N) is 1. The second-order valence-corrected chi connectivity index (χ2v) is 11.2. The maximum atomic E-state index is 6.23. The number of benzene rings is 4. The van der Waals surface area contributed by atoms with E-state index in [1.165, 1.54) is 33.3 Å². The Morgan fingerprint density at radius 2 is 1.34 bits per heavy atom. The predicted octanol–water partition coefficient (Wildman–Crippen LogP) is 7.83. The van der Waals surface area contributed by atoms with Gasteiger partial charge in [-0.25, -0.2) is 0 Å². The van der Waals surface area contributed by atoms with Gasteiger partial charge in [0.05, 0.1) is 17.2 Å². The molecular formula is C34H34BNO2. The Balaban J connectivity index is 1.30. The second-order valence-electron chi connectivity index (χ2n) is 11.2. The quantitative estimate of drug-likeness (QED) is 0.261. The van der Waals surface area contributed by atoms with Gasteiger partial charge in [-0.05, 0) is 74.3 Å². The summed E-state index contributed by atoms with van der Waals surface area (Å²) in [6.45, 7) is 8.35. The molecular weight excluding hydrogens is 465 g/mol. The molecule has 0 N–H and O–H groups in total. The van der Waals surface area contributed by atoms with Crippen LogP contribution < -0.4 is 10.4 Å². The molecule has 38 heavy (non-hydrogen) atoms. The minimum Gasteiger partial charge on any atom is -0.399 e. The van der Waals surface area contributed by atoms with Crippen molar-refractivity contribution in [3.8, 4) is 11.1 Å². The molecule has 0 amide bonds. The van der Waals surface area contributed by atoms with E-state index in [2.05, 4.69) is 148 Å². The molecule has 1 fully saturated rings. The Morgan fingerprint density at radius 3 is 2.00 bits per heavy atom. The van der Waals surface area contributed by atoms with E-state index in [0.29, 0.717) is 0 Å². The molecule has 4 aromatic carbocycles. The van der Waals surface area contributed by atoms with Crippen LogP contribution in [-0.4, -0.2) is 24.4 Å². The van der Waals surface area contributed by atoms with Gasteiger partial charge in [-0.3, -0.25) is 0 Å². The Hall–Kier alpha value is -3.60. The van der Waals surface area contributed by atoms with E-state index in [-0.39, 0.29) is 24.4 Å². The van der Waals surface area contributed by atoms with Crippen LogP contribution in [0.1, 0.15) is 34.1 Å². The Labute approximate surface area is 226 Å². The number of rotatable bonds is 5. The maximum Gasteiger partial charge on any atom is 0.494 e. The lowest BCUT2D eigenvalue weighted by molar-refractivity contribution is 0.00578. The average Bonchev–Trinajstić information content (AvgIpc) is 3.16. The third-order valence-corrected chi connectivity index (χ3v) is 8.23. The van der Waals surface area contributed by atoms with Gasteiger partial charge in [0.15, 0.2) is 0 Å². The van der Waals surface area contributed by atoms with Gasteiger partial charge in [0.2, 0.25) is 0 Å². The van der Waals surface area contributed by atoms with Crippen LogP contribution in [0.25, 0.3) is 21.9 Å². The fraction of sp³-hybridized carbons (Fsp3) is 0.235. The molecule has 4 aromatic rings. The van der Waals surface area contributed by atoms with Gasteiger partial charge in [0.25, 0.3) is 0 Å². The van der Waals surface area contributed by atoms with E-state index in [1.807, 2.05) is 0 Å². The Bertz CT molecular complexity index is 1480. The van der Waals surface area contributed by atoms with Crippen molar-refractivity contribution in [2.24, 2.45) is 0 Å². The number of fused-ring (bicyclic) bond motifs is 1. The largest absolute Gasteiger partial charge is 0.494 e. The van der Waals surface area contributed by atoms with E-state index in [1.54, 1.807) is 0 Å². The highest BCUT2D eigenvalue weighted by Crippen LogP contribution is 2.38. The molecule has 3 nitrogen and oxygen atoms in total. The van der Waals surface area contributed by atoms with Crippen LogP contribution in [0.2, 0.25) is 0 Å².